The molecule has 0 aromatic heterocycles. The summed E-state index contributed by atoms with van der Waals surface area (Å²) in [6, 6.07) is -0.993. The summed E-state index contributed by atoms with van der Waals surface area (Å²) < 4.78 is 41.4. The first-order valence-electron chi connectivity index (χ1n) is 4.29. The molecule has 0 radical (unpaired) electrons. The molecule has 0 aliphatic carbocycles. The average Bonchev–Trinajstić information content (AvgIpc) is 2.09. The first kappa shape index (κ1) is 14.6. The highest BCUT2D eigenvalue weighted by Crippen LogP contribution is 2.32. The van der Waals surface area contributed by atoms with E-state index in [0.29, 0.717) is 11.8 Å². The van der Waals surface area contributed by atoms with Gasteiger partial charge in [0.2, 0.25) is 0 Å². The monoisotopic (exact) mass is 245 g/mol. The molecule has 0 aliphatic heterocycles. The van der Waals surface area contributed by atoms with Crippen LogP contribution in [-0.2, 0) is 9.53 Å². The standard InChI is InChI=1S/C8H14F3NO2S/c1-5(12)7(8(9,10)11)15-4-3-6(13)14-2/h5,7H,3-4,12H2,1-2H3. The van der Waals surface area contributed by atoms with Gasteiger partial charge in [0, 0.05) is 11.8 Å². The fourth-order valence-electron chi connectivity index (χ4n) is 0.916. The number of methoxy groups -OCH3 is 1. The van der Waals surface area contributed by atoms with Crippen molar-refractivity contribution in [2.24, 2.45) is 5.73 Å². The van der Waals surface area contributed by atoms with Crippen LogP contribution in [0.15, 0.2) is 0 Å². The topological polar surface area (TPSA) is 52.3 Å². The number of carbonyl (C=O) groups excluding carboxylic acids is 1. The highest BCUT2D eigenvalue weighted by Gasteiger charge is 2.42. The van der Waals surface area contributed by atoms with Gasteiger partial charge in [-0.25, -0.2) is 0 Å². The van der Waals surface area contributed by atoms with Crippen LogP contribution in [0.5, 0.6) is 0 Å². The zero-order chi connectivity index (χ0) is 12.1. The number of nitrogens with two attached hydrogens (primary N) is 1. The Labute approximate surface area is 90.5 Å². The predicted molar refractivity (Wildman–Crippen MR) is 52.6 cm³/mol. The number of esters is 1. The Morgan fingerprint density at radius 1 is 1.53 bits per heavy atom. The van der Waals surface area contributed by atoms with Crippen LogP contribution in [0.25, 0.3) is 0 Å². The maximum Gasteiger partial charge on any atom is 0.402 e. The minimum Gasteiger partial charge on any atom is -0.469 e. The minimum atomic E-state index is -4.34. The molecule has 7 heteroatoms. The largest absolute Gasteiger partial charge is 0.469 e. The van der Waals surface area contributed by atoms with Crippen LogP contribution in [0.4, 0.5) is 13.2 Å². The average molecular weight is 245 g/mol. The van der Waals surface area contributed by atoms with Gasteiger partial charge in [-0.1, -0.05) is 0 Å². The molecule has 0 rings (SSSR count). The Hall–Kier alpha value is -0.430. The predicted octanol–water partition coefficient (Wildman–Crippen LogP) is 1.56. The third-order valence-electron chi connectivity index (χ3n) is 1.63. The van der Waals surface area contributed by atoms with Crippen molar-refractivity contribution in [2.75, 3.05) is 12.9 Å². The van der Waals surface area contributed by atoms with E-state index in [1.165, 1.54) is 14.0 Å². The molecule has 2 N–H and O–H groups in total. The van der Waals surface area contributed by atoms with Crippen molar-refractivity contribution in [1.29, 1.82) is 0 Å². The van der Waals surface area contributed by atoms with E-state index in [9.17, 15) is 18.0 Å². The Bertz CT molecular complexity index is 209. The first-order valence-corrected chi connectivity index (χ1v) is 5.34. The van der Waals surface area contributed by atoms with Crippen molar-refractivity contribution in [3.8, 4) is 0 Å². The molecule has 0 aromatic carbocycles. The quantitative estimate of drug-likeness (QED) is 0.747. The molecule has 0 bridgehead atoms. The van der Waals surface area contributed by atoms with Gasteiger partial charge in [0.15, 0.2) is 0 Å². The van der Waals surface area contributed by atoms with Crippen LogP contribution in [-0.4, -0.2) is 36.3 Å². The lowest BCUT2D eigenvalue weighted by atomic mass is 10.2. The molecule has 0 spiro atoms. The molecule has 2 atom stereocenters. The zero-order valence-electron chi connectivity index (χ0n) is 8.50. The number of alkyl halides is 3. The van der Waals surface area contributed by atoms with Gasteiger partial charge in [0.1, 0.15) is 5.25 Å². The number of hydrogen-bond acceptors (Lipinski definition) is 4. The van der Waals surface area contributed by atoms with Crippen LogP contribution in [0.2, 0.25) is 0 Å². The summed E-state index contributed by atoms with van der Waals surface area (Å²) in [5.41, 5.74) is 5.22. The molecule has 0 saturated carbocycles. The third kappa shape index (κ3) is 5.88. The number of thioether (sulfide) groups is 1. The molecule has 0 fully saturated rings. The highest BCUT2D eigenvalue weighted by molar-refractivity contribution is 8.00. The maximum absolute atomic E-state index is 12.4. The van der Waals surface area contributed by atoms with Gasteiger partial charge in [-0.15, -0.1) is 11.8 Å². The number of hydrogen-bond donors (Lipinski definition) is 1. The van der Waals surface area contributed by atoms with E-state index in [-0.39, 0.29) is 12.2 Å². The molecular formula is C8H14F3NO2S. The van der Waals surface area contributed by atoms with E-state index in [4.69, 9.17) is 5.73 Å². The lowest BCUT2D eigenvalue weighted by Crippen LogP contribution is -2.41. The summed E-state index contributed by atoms with van der Waals surface area (Å²) in [7, 11) is 1.19. The molecule has 3 nitrogen and oxygen atoms in total. The molecule has 0 aliphatic rings. The highest BCUT2D eigenvalue weighted by atomic mass is 32.2. The van der Waals surface area contributed by atoms with Crippen molar-refractivity contribution < 1.29 is 22.7 Å². The molecule has 0 saturated heterocycles. The van der Waals surface area contributed by atoms with Crippen LogP contribution in [0.3, 0.4) is 0 Å². The number of carbonyl (C=O) groups is 1. The second kappa shape index (κ2) is 6.22. The summed E-state index contributed by atoms with van der Waals surface area (Å²) in [5.74, 6) is -0.466. The molecule has 0 aromatic rings. The third-order valence-corrected chi connectivity index (χ3v) is 3.13. The molecular weight excluding hydrogens is 231 g/mol. The Morgan fingerprint density at radius 2 is 2.07 bits per heavy atom. The summed E-state index contributed by atoms with van der Waals surface area (Å²) in [5, 5.41) is -1.64. The lowest BCUT2D eigenvalue weighted by Gasteiger charge is -2.22. The fraction of sp³-hybridized carbons (Fsp3) is 0.875. The van der Waals surface area contributed by atoms with Crippen molar-refractivity contribution in [3.63, 3.8) is 0 Å². The van der Waals surface area contributed by atoms with Crippen molar-refractivity contribution >= 4 is 17.7 Å². The van der Waals surface area contributed by atoms with Crippen molar-refractivity contribution in [3.05, 3.63) is 0 Å². The summed E-state index contributed by atoms with van der Waals surface area (Å²) in [4.78, 5) is 10.7. The van der Waals surface area contributed by atoms with Crippen LogP contribution in [0, 0.1) is 0 Å². The smallest absolute Gasteiger partial charge is 0.402 e. The van der Waals surface area contributed by atoms with Gasteiger partial charge < -0.3 is 10.5 Å². The van der Waals surface area contributed by atoms with E-state index in [2.05, 4.69) is 4.74 Å². The first-order chi connectivity index (χ1) is 6.79. The maximum atomic E-state index is 12.4. The van der Waals surface area contributed by atoms with Gasteiger partial charge in [-0.2, -0.15) is 13.2 Å². The second-order valence-corrected chi connectivity index (χ2v) is 4.27. The number of rotatable bonds is 5. The molecule has 15 heavy (non-hydrogen) atoms. The normalized spacial score (nSPS) is 15.9. The van der Waals surface area contributed by atoms with Crippen LogP contribution < -0.4 is 5.73 Å². The number of ether oxygens (including phenoxy) is 1. The SMILES string of the molecule is COC(=O)CCSC(C(C)N)C(F)(F)F. The minimum absolute atomic E-state index is 0.0412. The van der Waals surface area contributed by atoms with Gasteiger partial charge in [0.05, 0.1) is 13.5 Å². The molecule has 0 heterocycles. The molecule has 0 amide bonds. The summed E-state index contributed by atoms with van der Waals surface area (Å²) in [6.07, 6.45) is -4.38. The summed E-state index contributed by atoms with van der Waals surface area (Å²) in [6.45, 7) is 1.29. The second-order valence-electron chi connectivity index (χ2n) is 3.02. The van der Waals surface area contributed by atoms with E-state index in [1.54, 1.807) is 0 Å². The van der Waals surface area contributed by atoms with Gasteiger partial charge >= 0.3 is 12.1 Å². The van der Waals surface area contributed by atoms with E-state index in [1.807, 2.05) is 0 Å². The zero-order valence-corrected chi connectivity index (χ0v) is 9.32. The van der Waals surface area contributed by atoms with Gasteiger partial charge in [-0.3, -0.25) is 4.79 Å². The van der Waals surface area contributed by atoms with E-state index >= 15 is 0 Å². The van der Waals surface area contributed by atoms with Crippen LogP contribution in [0.1, 0.15) is 13.3 Å². The molecule has 2 unspecified atom stereocenters. The Kier molecular flexibility index (Phi) is 6.04. The molecule has 90 valence electrons. The Morgan fingerprint density at radius 3 is 2.40 bits per heavy atom. The van der Waals surface area contributed by atoms with Crippen molar-refractivity contribution in [1.82, 2.24) is 0 Å². The summed E-state index contributed by atoms with van der Waals surface area (Å²) >= 11 is 0.629. The number of halogens is 3. The van der Waals surface area contributed by atoms with E-state index < -0.39 is 23.4 Å². The van der Waals surface area contributed by atoms with Crippen molar-refractivity contribution in [2.45, 2.75) is 30.8 Å². The Balaban J connectivity index is 4.04. The van der Waals surface area contributed by atoms with Gasteiger partial charge in [-0.05, 0) is 6.92 Å². The van der Waals surface area contributed by atoms with Crippen LogP contribution >= 0.6 is 11.8 Å². The van der Waals surface area contributed by atoms with Gasteiger partial charge in [0.25, 0.3) is 0 Å². The fourth-order valence-corrected chi connectivity index (χ4v) is 1.95. The van der Waals surface area contributed by atoms with E-state index in [0.717, 1.165) is 0 Å². The lowest BCUT2D eigenvalue weighted by molar-refractivity contribution is -0.140.